The summed E-state index contributed by atoms with van der Waals surface area (Å²) in [5, 5.41) is 2.52. The summed E-state index contributed by atoms with van der Waals surface area (Å²) in [6, 6.07) is 11.3. The van der Waals surface area contributed by atoms with Gasteiger partial charge in [0.1, 0.15) is 5.82 Å². The lowest BCUT2D eigenvalue weighted by atomic mass is 10.1. The first-order chi connectivity index (χ1) is 13.8. The van der Waals surface area contributed by atoms with Crippen LogP contribution in [0.15, 0.2) is 53.4 Å². The number of nitrogens with one attached hydrogen (secondary N) is 1. The number of halogens is 1. The van der Waals surface area contributed by atoms with Crippen LogP contribution in [0.3, 0.4) is 0 Å². The van der Waals surface area contributed by atoms with E-state index in [1.54, 1.807) is 19.9 Å². The van der Waals surface area contributed by atoms with Crippen molar-refractivity contribution in [2.45, 2.75) is 25.2 Å². The van der Waals surface area contributed by atoms with Crippen LogP contribution in [0.25, 0.3) is 0 Å². The van der Waals surface area contributed by atoms with E-state index in [0.29, 0.717) is 24.3 Å². The Morgan fingerprint density at radius 3 is 2.31 bits per heavy atom. The fraction of sp³-hybridized carbons (Fsp3) is 0.300. The third-order valence-corrected chi connectivity index (χ3v) is 6.15. The summed E-state index contributed by atoms with van der Waals surface area (Å²) in [6.07, 6.45) is -0.150. The van der Waals surface area contributed by atoms with Crippen molar-refractivity contribution >= 4 is 27.6 Å². The zero-order valence-electron chi connectivity index (χ0n) is 16.2. The zero-order valence-corrected chi connectivity index (χ0v) is 17.0. The lowest BCUT2D eigenvalue weighted by Crippen LogP contribution is -2.30. The Morgan fingerprint density at radius 2 is 1.72 bits per heavy atom. The van der Waals surface area contributed by atoms with E-state index >= 15 is 0 Å². The molecule has 0 saturated heterocycles. The number of benzene rings is 2. The minimum absolute atomic E-state index is 0.126. The summed E-state index contributed by atoms with van der Waals surface area (Å²) >= 11 is 0. The number of carbonyl (C=O) groups excluding carboxylic acids is 2. The summed E-state index contributed by atoms with van der Waals surface area (Å²) < 4.78 is 44.2. The monoisotopic (exact) mass is 422 g/mol. The standard InChI is InChI=1S/C20H23FN2O5S/c1-3-23(4-2)29(26,27)18-10-8-17(9-11-18)22-19(24)14-28-20(25)13-15-6-5-7-16(21)12-15/h5-12H,3-4,13-14H2,1-2H3,(H,22,24). The van der Waals surface area contributed by atoms with E-state index in [9.17, 15) is 22.4 Å². The molecule has 0 aliphatic heterocycles. The average Bonchev–Trinajstić information content (AvgIpc) is 2.67. The van der Waals surface area contributed by atoms with Crippen LogP contribution in [-0.4, -0.2) is 44.3 Å². The van der Waals surface area contributed by atoms with E-state index in [1.807, 2.05) is 0 Å². The van der Waals surface area contributed by atoms with Gasteiger partial charge in [-0.05, 0) is 42.0 Å². The minimum atomic E-state index is -3.58. The molecule has 0 spiro atoms. The van der Waals surface area contributed by atoms with Gasteiger partial charge in [0.25, 0.3) is 5.91 Å². The van der Waals surface area contributed by atoms with Crippen molar-refractivity contribution in [1.82, 2.24) is 4.31 Å². The second-order valence-electron chi connectivity index (χ2n) is 6.13. The molecule has 0 aliphatic rings. The van der Waals surface area contributed by atoms with Crippen LogP contribution in [-0.2, 0) is 30.8 Å². The molecule has 2 aromatic rings. The molecule has 0 fully saturated rings. The van der Waals surface area contributed by atoms with Gasteiger partial charge in [-0.1, -0.05) is 26.0 Å². The zero-order chi connectivity index (χ0) is 21.4. The Bertz CT molecular complexity index is 957. The van der Waals surface area contributed by atoms with Crippen LogP contribution in [0.1, 0.15) is 19.4 Å². The number of hydrogen-bond donors (Lipinski definition) is 1. The highest BCUT2D eigenvalue weighted by atomic mass is 32.2. The van der Waals surface area contributed by atoms with Gasteiger partial charge in [-0.3, -0.25) is 9.59 Å². The molecular formula is C20H23FN2O5S. The molecule has 29 heavy (non-hydrogen) atoms. The first-order valence-electron chi connectivity index (χ1n) is 9.06. The highest BCUT2D eigenvalue weighted by molar-refractivity contribution is 7.89. The SMILES string of the molecule is CCN(CC)S(=O)(=O)c1ccc(NC(=O)COC(=O)Cc2cccc(F)c2)cc1. The second kappa shape index (κ2) is 10.1. The number of nitrogens with zero attached hydrogens (tertiary/aromatic N) is 1. The molecule has 9 heteroatoms. The molecule has 0 aromatic heterocycles. The van der Waals surface area contributed by atoms with Crippen LogP contribution in [0.2, 0.25) is 0 Å². The molecule has 0 heterocycles. The van der Waals surface area contributed by atoms with E-state index in [4.69, 9.17) is 4.74 Å². The molecule has 0 radical (unpaired) electrons. The van der Waals surface area contributed by atoms with E-state index < -0.39 is 34.3 Å². The van der Waals surface area contributed by atoms with Crippen LogP contribution in [0, 0.1) is 5.82 Å². The Kier molecular flexibility index (Phi) is 7.86. The van der Waals surface area contributed by atoms with Gasteiger partial charge in [0.05, 0.1) is 11.3 Å². The van der Waals surface area contributed by atoms with Gasteiger partial charge >= 0.3 is 5.97 Å². The maximum Gasteiger partial charge on any atom is 0.310 e. The Hall–Kier alpha value is -2.78. The van der Waals surface area contributed by atoms with E-state index in [1.165, 1.54) is 46.8 Å². The number of esters is 1. The van der Waals surface area contributed by atoms with Gasteiger partial charge in [-0.25, -0.2) is 12.8 Å². The number of rotatable bonds is 9. The molecule has 0 atom stereocenters. The third kappa shape index (κ3) is 6.37. The van der Waals surface area contributed by atoms with Gasteiger partial charge in [0.15, 0.2) is 6.61 Å². The smallest absolute Gasteiger partial charge is 0.310 e. The number of hydrogen-bond acceptors (Lipinski definition) is 5. The van der Waals surface area contributed by atoms with Gasteiger partial charge in [0.2, 0.25) is 10.0 Å². The van der Waals surface area contributed by atoms with Gasteiger partial charge in [-0.2, -0.15) is 4.31 Å². The number of anilines is 1. The summed E-state index contributed by atoms with van der Waals surface area (Å²) in [5.74, 6) is -1.69. The minimum Gasteiger partial charge on any atom is -0.455 e. The van der Waals surface area contributed by atoms with Gasteiger partial charge < -0.3 is 10.1 Å². The predicted octanol–water partition coefficient (Wildman–Crippen LogP) is 2.58. The molecule has 0 aliphatic carbocycles. The number of carbonyl (C=O) groups is 2. The first kappa shape index (κ1) is 22.5. The van der Waals surface area contributed by atoms with Crippen LogP contribution in [0.4, 0.5) is 10.1 Å². The largest absolute Gasteiger partial charge is 0.455 e. The summed E-state index contributed by atoms with van der Waals surface area (Å²) in [4.78, 5) is 23.8. The van der Waals surface area contributed by atoms with Crippen molar-refractivity contribution in [2.75, 3.05) is 25.0 Å². The number of sulfonamides is 1. The Morgan fingerprint density at radius 1 is 1.07 bits per heavy atom. The predicted molar refractivity (Wildman–Crippen MR) is 106 cm³/mol. The van der Waals surface area contributed by atoms with Crippen molar-refractivity contribution in [3.8, 4) is 0 Å². The Balaban J connectivity index is 1.88. The molecular weight excluding hydrogens is 399 g/mol. The maximum absolute atomic E-state index is 13.1. The van der Waals surface area contributed by atoms with Gasteiger partial charge in [0, 0.05) is 18.8 Å². The van der Waals surface area contributed by atoms with Crippen LogP contribution in [0.5, 0.6) is 0 Å². The highest BCUT2D eigenvalue weighted by Crippen LogP contribution is 2.18. The molecule has 156 valence electrons. The van der Waals surface area contributed by atoms with Crippen LogP contribution >= 0.6 is 0 Å². The topological polar surface area (TPSA) is 92.8 Å². The maximum atomic E-state index is 13.1. The summed E-state index contributed by atoms with van der Waals surface area (Å²) in [6.45, 7) is 3.72. The molecule has 0 bridgehead atoms. The van der Waals surface area contributed by atoms with Crippen molar-refractivity contribution in [1.29, 1.82) is 0 Å². The fourth-order valence-corrected chi connectivity index (χ4v) is 4.09. The fourth-order valence-electron chi connectivity index (χ4n) is 2.63. The van der Waals surface area contributed by atoms with Crippen molar-refractivity contribution in [3.05, 3.63) is 59.9 Å². The van der Waals surface area contributed by atoms with E-state index in [2.05, 4.69) is 5.32 Å². The van der Waals surface area contributed by atoms with Crippen LogP contribution < -0.4 is 5.32 Å². The molecule has 0 saturated carbocycles. The van der Waals surface area contributed by atoms with E-state index in [0.717, 1.165) is 0 Å². The number of ether oxygens (including phenoxy) is 1. The molecule has 1 N–H and O–H groups in total. The van der Waals surface area contributed by atoms with Crippen molar-refractivity contribution in [2.24, 2.45) is 0 Å². The molecule has 0 unspecified atom stereocenters. The first-order valence-corrected chi connectivity index (χ1v) is 10.5. The quantitative estimate of drug-likeness (QED) is 0.627. The van der Waals surface area contributed by atoms with Crippen molar-refractivity contribution in [3.63, 3.8) is 0 Å². The summed E-state index contributed by atoms with van der Waals surface area (Å²) in [5.41, 5.74) is 0.815. The molecule has 2 aromatic carbocycles. The highest BCUT2D eigenvalue weighted by Gasteiger charge is 2.21. The second-order valence-corrected chi connectivity index (χ2v) is 8.07. The number of amides is 1. The molecule has 2 rings (SSSR count). The van der Waals surface area contributed by atoms with Crippen molar-refractivity contribution < 1.29 is 27.1 Å². The normalized spacial score (nSPS) is 11.3. The average molecular weight is 422 g/mol. The third-order valence-electron chi connectivity index (χ3n) is 4.08. The van der Waals surface area contributed by atoms with Gasteiger partial charge in [-0.15, -0.1) is 0 Å². The Labute approximate surface area is 169 Å². The molecule has 1 amide bonds. The summed E-state index contributed by atoms with van der Waals surface area (Å²) in [7, 11) is -3.58. The van der Waals surface area contributed by atoms with E-state index in [-0.39, 0.29) is 11.3 Å². The lowest BCUT2D eigenvalue weighted by Gasteiger charge is -2.18. The lowest BCUT2D eigenvalue weighted by molar-refractivity contribution is -0.146. The molecule has 7 nitrogen and oxygen atoms in total.